The molecule has 1 aromatic rings. The van der Waals surface area contributed by atoms with Gasteiger partial charge in [-0.1, -0.05) is 43.2 Å². The number of amides is 1. The van der Waals surface area contributed by atoms with E-state index in [1.54, 1.807) is 4.90 Å². The highest BCUT2D eigenvalue weighted by atomic mass is 16.2. The molecule has 0 heterocycles. The molecule has 0 aliphatic rings. The first-order valence-electron chi connectivity index (χ1n) is 6.20. The van der Waals surface area contributed by atoms with E-state index in [0.717, 1.165) is 12.0 Å². The van der Waals surface area contributed by atoms with E-state index in [1.165, 1.54) is 0 Å². The maximum Gasteiger partial charge on any atom is 0.240 e. The SMILES string of the molecule is C#CCN(CCC)C(=O)[C@@H](N)Cc1ccccc1. The van der Waals surface area contributed by atoms with Crippen LogP contribution in [0.5, 0.6) is 0 Å². The first-order chi connectivity index (χ1) is 8.69. The lowest BCUT2D eigenvalue weighted by Crippen LogP contribution is -2.45. The van der Waals surface area contributed by atoms with Crippen LogP contribution in [0.2, 0.25) is 0 Å². The molecule has 1 amide bonds. The van der Waals surface area contributed by atoms with Gasteiger partial charge in [-0.3, -0.25) is 4.79 Å². The average Bonchev–Trinajstić information content (AvgIpc) is 2.39. The van der Waals surface area contributed by atoms with Crippen LogP contribution in [0, 0.1) is 12.3 Å². The lowest BCUT2D eigenvalue weighted by atomic mass is 10.1. The maximum absolute atomic E-state index is 12.1. The van der Waals surface area contributed by atoms with Gasteiger partial charge >= 0.3 is 0 Å². The summed E-state index contributed by atoms with van der Waals surface area (Å²) in [6, 6.07) is 9.25. The van der Waals surface area contributed by atoms with Crippen LogP contribution in [0.25, 0.3) is 0 Å². The number of terminal acetylenes is 1. The van der Waals surface area contributed by atoms with Crippen LogP contribution in [0.3, 0.4) is 0 Å². The molecule has 0 aliphatic heterocycles. The summed E-state index contributed by atoms with van der Waals surface area (Å²) >= 11 is 0. The van der Waals surface area contributed by atoms with Gasteiger partial charge in [-0.2, -0.15) is 0 Å². The first-order valence-corrected chi connectivity index (χ1v) is 6.20. The molecule has 3 nitrogen and oxygen atoms in total. The predicted octanol–water partition coefficient (Wildman–Crippen LogP) is 1.43. The van der Waals surface area contributed by atoms with E-state index in [0.29, 0.717) is 19.5 Å². The Labute approximate surface area is 109 Å². The van der Waals surface area contributed by atoms with Crippen molar-refractivity contribution >= 4 is 5.91 Å². The third-order valence-corrected chi connectivity index (χ3v) is 2.70. The van der Waals surface area contributed by atoms with Crippen molar-refractivity contribution in [2.24, 2.45) is 5.73 Å². The molecule has 0 aromatic heterocycles. The second-order valence-corrected chi connectivity index (χ2v) is 4.26. The van der Waals surface area contributed by atoms with Gasteiger partial charge < -0.3 is 10.6 Å². The van der Waals surface area contributed by atoms with Gasteiger partial charge in [-0.15, -0.1) is 6.42 Å². The predicted molar refractivity (Wildman–Crippen MR) is 73.8 cm³/mol. The molecule has 1 aromatic carbocycles. The van der Waals surface area contributed by atoms with E-state index in [2.05, 4.69) is 5.92 Å². The summed E-state index contributed by atoms with van der Waals surface area (Å²) in [6.07, 6.45) is 6.69. The minimum absolute atomic E-state index is 0.0707. The zero-order valence-corrected chi connectivity index (χ0v) is 10.8. The third kappa shape index (κ3) is 4.23. The molecular formula is C15H20N2O. The fraction of sp³-hybridized carbons (Fsp3) is 0.400. The number of nitrogens with two attached hydrogens (primary N) is 1. The van der Waals surface area contributed by atoms with Gasteiger partial charge in [0.2, 0.25) is 5.91 Å². The van der Waals surface area contributed by atoms with Crippen LogP contribution in [0.15, 0.2) is 30.3 Å². The molecule has 2 N–H and O–H groups in total. The Morgan fingerprint density at radius 3 is 2.67 bits per heavy atom. The lowest BCUT2D eigenvalue weighted by molar-refractivity contribution is -0.132. The van der Waals surface area contributed by atoms with Crippen molar-refractivity contribution in [3.63, 3.8) is 0 Å². The van der Waals surface area contributed by atoms with E-state index < -0.39 is 6.04 Å². The summed E-state index contributed by atoms with van der Waals surface area (Å²) in [5.41, 5.74) is 7.02. The normalized spacial score (nSPS) is 11.6. The summed E-state index contributed by atoms with van der Waals surface area (Å²) in [4.78, 5) is 13.8. The smallest absolute Gasteiger partial charge is 0.240 e. The Hall–Kier alpha value is -1.79. The average molecular weight is 244 g/mol. The van der Waals surface area contributed by atoms with E-state index in [9.17, 15) is 4.79 Å². The highest BCUT2D eigenvalue weighted by molar-refractivity contribution is 5.82. The highest BCUT2D eigenvalue weighted by Gasteiger charge is 2.19. The minimum atomic E-state index is -0.521. The Bertz CT molecular complexity index is 408. The maximum atomic E-state index is 12.1. The van der Waals surface area contributed by atoms with Crippen LogP contribution in [0.1, 0.15) is 18.9 Å². The van der Waals surface area contributed by atoms with Crippen molar-refractivity contribution in [2.45, 2.75) is 25.8 Å². The second-order valence-electron chi connectivity index (χ2n) is 4.26. The molecule has 1 rings (SSSR count). The topological polar surface area (TPSA) is 46.3 Å². The Kier molecular flexibility index (Phi) is 5.96. The molecule has 1 atom stereocenters. The van der Waals surface area contributed by atoms with Crippen molar-refractivity contribution in [2.75, 3.05) is 13.1 Å². The van der Waals surface area contributed by atoms with Crippen molar-refractivity contribution in [3.05, 3.63) is 35.9 Å². The van der Waals surface area contributed by atoms with Crippen LogP contribution in [-0.4, -0.2) is 29.9 Å². The highest BCUT2D eigenvalue weighted by Crippen LogP contribution is 2.04. The standard InChI is InChI=1S/C15H20N2O/c1-3-10-17(11-4-2)15(18)14(16)12-13-8-6-5-7-9-13/h1,5-9,14H,4,10-12,16H2,2H3/t14-/m0/s1. The van der Waals surface area contributed by atoms with Gasteiger partial charge in [-0.25, -0.2) is 0 Å². The zero-order valence-electron chi connectivity index (χ0n) is 10.8. The van der Waals surface area contributed by atoms with Gasteiger partial charge in [0.25, 0.3) is 0 Å². The Morgan fingerprint density at radius 2 is 2.11 bits per heavy atom. The summed E-state index contributed by atoms with van der Waals surface area (Å²) in [6.45, 7) is 3.00. The number of carbonyl (C=O) groups is 1. The third-order valence-electron chi connectivity index (χ3n) is 2.70. The zero-order chi connectivity index (χ0) is 13.4. The van der Waals surface area contributed by atoms with Crippen molar-refractivity contribution in [1.82, 2.24) is 4.90 Å². The molecule has 0 bridgehead atoms. The van der Waals surface area contributed by atoms with E-state index in [1.807, 2.05) is 37.3 Å². The molecule has 96 valence electrons. The number of hydrogen-bond donors (Lipinski definition) is 1. The van der Waals surface area contributed by atoms with Gasteiger partial charge in [0.1, 0.15) is 0 Å². The second kappa shape index (κ2) is 7.52. The molecule has 0 radical (unpaired) electrons. The number of rotatable bonds is 6. The van der Waals surface area contributed by atoms with Gasteiger partial charge in [0.15, 0.2) is 0 Å². The lowest BCUT2D eigenvalue weighted by Gasteiger charge is -2.23. The van der Waals surface area contributed by atoms with Crippen molar-refractivity contribution in [3.8, 4) is 12.3 Å². The molecular weight excluding hydrogens is 224 g/mol. The fourth-order valence-corrected chi connectivity index (χ4v) is 1.84. The number of hydrogen-bond acceptors (Lipinski definition) is 2. The fourth-order valence-electron chi connectivity index (χ4n) is 1.84. The van der Waals surface area contributed by atoms with Gasteiger partial charge in [0.05, 0.1) is 12.6 Å². The van der Waals surface area contributed by atoms with Crippen molar-refractivity contribution < 1.29 is 4.79 Å². The monoisotopic (exact) mass is 244 g/mol. The quantitative estimate of drug-likeness (QED) is 0.769. The summed E-state index contributed by atoms with van der Waals surface area (Å²) in [5, 5.41) is 0. The van der Waals surface area contributed by atoms with E-state index in [4.69, 9.17) is 12.2 Å². The van der Waals surface area contributed by atoms with E-state index >= 15 is 0 Å². The van der Waals surface area contributed by atoms with Crippen LogP contribution >= 0.6 is 0 Å². The molecule has 0 unspecified atom stereocenters. The Balaban J connectivity index is 2.62. The molecule has 0 spiro atoms. The Morgan fingerprint density at radius 1 is 1.44 bits per heavy atom. The summed E-state index contributed by atoms with van der Waals surface area (Å²) < 4.78 is 0. The van der Waals surface area contributed by atoms with Crippen LogP contribution in [-0.2, 0) is 11.2 Å². The number of nitrogens with zero attached hydrogens (tertiary/aromatic N) is 1. The largest absolute Gasteiger partial charge is 0.330 e. The summed E-state index contributed by atoms with van der Waals surface area (Å²) in [5.74, 6) is 2.43. The van der Waals surface area contributed by atoms with Gasteiger partial charge in [-0.05, 0) is 18.4 Å². The number of benzene rings is 1. The molecule has 0 fully saturated rings. The van der Waals surface area contributed by atoms with Crippen LogP contribution < -0.4 is 5.73 Å². The molecule has 18 heavy (non-hydrogen) atoms. The van der Waals surface area contributed by atoms with E-state index in [-0.39, 0.29) is 5.91 Å². The molecule has 0 saturated heterocycles. The van der Waals surface area contributed by atoms with Crippen molar-refractivity contribution in [1.29, 1.82) is 0 Å². The minimum Gasteiger partial charge on any atom is -0.330 e. The molecule has 3 heteroatoms. The van der Waals surface area contributed by atoms with Crippen LogP contribution in [0.4, 0.5) is 0 Å². The molecule has 0 aliphatic carbocycles. The first kappa shape index (κ1) is 14.3. The summed E-state index contributed by atoms with van der Waals surface area (Å²) in [7, 11) is 0. The number of carbonyl (C=O) groups excluding carboxylic acids is 1. The van der Waals surface area contributed by atoms with Gasteiger partial charge in [0, 0.05) is 6.54 Å². The molecule has 0 saturated carbocycles.